The Morgan fingerprint density at radius 3 is 2.49 bits per heavy atom. The van der Waals surface area contributed by atoms with E-state index in [0.29, 0.717) is 45.9 Å². The maximum Gasteiger partial charge on any atom is 0.407 e. The molecule has 2 atom stereocenters. The van der Waals surface area contributed by atoms with E-state index in [1.165, 1.54) is 9.47 Å². The van der Waals surface area contributed by atoms with Crippen LogP contribution >= 0.6 is 11.6 Å². The van der Waals surface area contributed by atoms with Crippen molar-refractivity contribution in [1.82, 2.24) is 24.4 Å². The summed E-state index contributed by atoms with van der Waals surface area (Å²) in [5.41, 5.74) is 3.36. The van der Waals surface area contributed by atoms with Crippen LogP contribution in [0.4, 0.5) is 10.6 Å². The second-order valence-corrected chi connectivity index (χ2v) is 11.4. The van der Waals surface area contributed by atoms with Crippen molar-refractivity contribution in [3.8, 4) is 22.7 Å². The predicted octanol–water partition coefficient (Wildman–Crippen LogP) is 5.52. The number of hydrogen-bond donors (Lipinski definition) is 2. The first-order valence-corrected chi connectivity index (χ1v) is 13.9. The molecule has 10 nitrogen and oxygen atoms in total. The molecule has 0 radical (unpaired) electrons. The number of pyridine rings is 2. The predicted molar refractivity (Wildman–Crippen MR) is 160 cm³/mol. The fourth-order valence-corrected chi connectivity index (χ4v) is 5.79. The molecule has 4 heterocycles. The Labute approximate surface area is 242 Å². The van der Waals surface area contributed by atoms with E-state index in [1.54, 1.807) is 31.3 Å². The van der Waals surface area contributed by atoms with Crippen LogP contribution in [0, 0.1) is 13.8 Å². The lowest BCUT2D eigenvalue weighted by Gasteiger charge is -2.43. The summed E-state index contributed by atoms with van der Waals surface area (Å²) in [6, 6.07) is 8.30. The standard InChI is InChI=1S/C30H33ClN6O4/c1-15(2)23-25(16(3)10-11-32-23)37-28-21(12-22(31)24(33-28)20-9-7-8-17(4)26(20)38)27(34-29(37)39)35-13-19(6)36(30(40)41)14-18(35)5/h7-12,15,18-19,38H,13-14H2,1-6H3,(H,40,41)/t18-,19+/m0/s1. The van der Waals surface area contributed by atoms with Crippen LogP contribution in [0.15, 0.2) is 41.3 Å². The maximum atomic E-state index is 14.0. The minimum absolute atomic E-state index is 0.00378. The lowest BCUT2D eigenvalue weighted by atomic mass is 10.0. The number of benzene rings is 1. The van der Waals surface area contributed by atoms with Gasteiger partial charge in [0, 0.05) is 36.9 Å². The maximum absolute atomic E-state index is 14.0. The summed E-state index contributed by atoms with van der Waals surface area (Å²) >= 11 is 6.85. The summed E-state index contributed by atoms with van der Waals surface area (Å²) in [6.07, 6.45) is 0.729. The molecular weight excluding hydrogens is 544 g/mol. The zero-order valence-corrected chi connectivity index (χ0v) is 24.6. The average Bonchev–Trinajstić information content (AvgIpc) is 2.91. The molecule has 1 amide bonds. The highest BCUT2D eigenvalue weighted by Crippen LogP contribution is 2.39. The first kappa shape index (κ1) is 28.4. The number of aromatic nitrogens is 4. The van der Waals surface area contributed by atoms with Gasteiger partial charge in [0.1, 0.15) is 11.6 Å². The number of carboxylic acid groups (broad SMARTS) is 1. The van der Waals surface area contributed by atoms with Crippen molar-refractivity contribution in [3.05, 3.63) is 68.9 Å². The smallest absolute Gasteiger partial charge is 0.407 e. The molecule has 214 valence electrons. The summed E-state index contributed by atoms with van der Waals surface area (Å²) < 4.78 is 1.48. The number of hydrogen-bond acceptors (Lipinski definition) is 7. The number of amides is 1. The monoisotopic (exact) mass is 576 g/mol. The molecular formula is C30H33ClN6O4. The molecule has 4 aromatic rings. The molecule has 2 N–H and O–H groups in total. The van der Waals surface area contributed by atoms with E-state index in [9.17, 15) is 19.8 Å². The number of para-hydroxylation sites is 1. The number of anilines is 1. The number of phenols is 1. The molecule has 1 aliphatic rings. The van der Waals surface area contributed by atoms with Gasteiger partial charge in [0.05, 0.1) is 27.5 Å². The second-order valence-electron chi connectivity index (χ2n) is 11.0. The summed E-state index contributed by atoms with van der Waals surface area (Å²) in [7, 11) is 0. The van der Waals surface area contributed by atoms with Crippen LogP contribution < -0.4 is 10.6 Å². The van der Waals surface area contributed by atoms with Crippen LogP contribution in [0.5, 0.6) is 5.75 Å². The topological polar surface area (TPSA) is 125 Å². The van der Waals surface area contributed by atoms with Crippen molar-refractivity contribution in [1.29, 1.82) is 0 Å². The Kier molecular flexibility index (Phi) is 7.37. The molecule has 0 spiro atoms. The van der Waals surface area contributed by atoms with Crippen LogP contribution in [0.2, 0.25) is 5.02 Å². The third-order valence-corrected chi connectivity index (χ3v) is 8.01. The average molecular weight is 577 g/mol. The number of phenolic OH excluding ortho intramolecular Hbond substituents is 1. The van der Waals surface area contributed by atoms with Crippen LogP contribution in [0.25, 0.3) is 28.0 Å². The van der Waals surface area contributed by atoms with E-state index < -0.39 is 11.8 Å². The van der Waals surface area contributed by atoms with Crippen LogP contribution in [0.3, 0.4) is 0 Å². The largest absolute Gasteiger partial charge is 0.507 e. The fraction of sp³-hybridized carbons (Fsp3) is 0.367. The van der Waals surface area contributed by atoms with E-state index in [1.807, 2.05) is 51.7 Å². The lowest BCUT2D eigenvalue weighted by molar-refractivity contribution is 0.114. The molecule has 41 heavy (non-hydrogen) atoms. The molecule has 1 fully saturated rings. The van der Waals surface area contributed by atoms with Gasteiger partial charge >= 0.3 is 11.8 Å². The minimum atomic E-state index is -0.988. The van der Waals surface area contributed by atoms with Crippen LogP contribution in [-0.2, 0) is 0 Å². The fourth-order valence-electron chi connectivity index (χ4n) is 5.54. The Hall–Kier alpha value is -4.18. The van der Waals surface area contributed by atoms with E-state index in [4.69, 9.17) is 16.6 Å². The SMILES string of the molecule is Cc1cccc(-c2nc3c(cc2Cl)c(N2C[C@@H](C)N(C(=O)O)C[C@@H]2C)nc(=O)n3-c2c(C)ccnc2C(C)C)c1O. The number of piperazine rings is 1. The van der Waals surface area contributed by atoms with Crippen molar-refractivity contribution in [3.63, 3.8) is 0 Å². The van der Waals surface area contributed by atoms with Crippen molar-refractivity contribution in [2.45, 2.75) is 59.5 Å². The zero-order chi connectivity index (χ0) is 29.7. The van der Waals surface area contributed by atoms with Gasteiger partial charge in [-0.3, -0.25) is 4.98 Å². The molecule has 0 aliphatic carbocycles. The first-order valence-electron chi connectivity index (χ1n) is 13.5. The number of fused-ring (bicyclic) bond motifs is 1. The van der Waals surface area contributed by atoms with Gasteiger partial charge < -0.3 is 20.0 Å². The Balaban J connectivity index is 1.86. The molecule has 1 aliphatic heterocycles. The van der Waals surface area contributed by atoms with Gasteiger partial charge in [0.25, 0.3) is 0 Å². The highest BCUT2D eigenvalue weighted by Gasteiger charge is 2.34. The highest BCUT2D eigenvalue weighted by molar-refractivity contribution is 6.34. The Morgan fingerprint density at radius 2 is 1.80 bits per heavy atom. The lowest BCUT2D eigenvalue weighted by Crippen LogP contribution is -2.58. The number of aromatic hydroxyl groups is 1. The molecule has 0 unspecified atom stereocenters. The molecule has 0 saturated carbocycles. The molecule has 5 rings (SSSR count). The number of aryl methyl sites for hydroxylation is 2. The van der Waals surface area contributed by atoms with Crippen molar-refractivity contribution < 1.29 is 15.0 Å². The third kappa shape index (κ3) is 4.86. The van der Waals surface area contributed by atoms with Gasteiger partial charge in [-0.2, -0.15) is 4.98 Å². The molecule has 1 aromatic carbocycles. The quantitative estimate of drug-likeness (QED) is 0.325. The normalized spacial score (nSPS) is 17.5. The van der Waals surface area contributed by atoms with Crippen molar-refractivity contribution in [2.24, 2.45) is 0 Å². The zero-order valence-electron chi connectivity index (χ0n) is 23.9. The van der Waals surface area contributed by atoms with Crippen LogP contribution in [-0.4, -0.2) is 65.9 Å². The van der Waals surface area contributed by atoms with Gasteiger partial charge in [-0.1, -0.05) is 37.6 Å². The van der Waals surface area contributed by atoms with E-state index in [2.05, 4.69) is 9.97 Å². The van der Waals surface area contributed by atoms with Gasteiger partial charge in [-0.15, -0.1) is 0 Å². The number of rotatable bonds is 4. The third-order valence-electron chi connectivity index (χ3n) is 7.72. The summed E-state index contributed by atoms with van der Waals surface area (Å²) in [5.74, 6) is 0.439. The van der Waals surface area contributed by atoms with Crippen LogP contribution in [0.1, 0.15) is 50.4 Å². The summed E-state index contributed by atoms with van der Waals surface area (Å²) in [6.45, 7) is 12.0. The van der Waals surface area contributed by atoms with Crippen molar-refractivity contribution in [2.75, 3.05) is 18.0 Å². The first-order chi connectivity index (χ1) is 19.4. The van der Waals surface area contributed by atoms with Gasteiger partial charge in [0.2, 0.25) is 0 Å². The highest BCUT2D eigenvalue weighted by atomic mass is 35.5. The summed E-state index contributed by atoms with van der Waals surface area (Å²) in [4.78, 5) is 43.2. The van der Waals surface area contributed by atoms with Gasteiger partial charge in [0.15, 0.2) is 5.65 Å². The van der Waals surface area contributed by atoms with E-state index >= 15 is 0 Å². The molecule has 11 heteroatoms. The second kappa shape index (κ2) is 10.7. The molecule has 3 aromatic heterocycles. The van der Waals surface area contributed by atoms with E-state index in [-0.39, 0.29) is 35.3 Å². The molecule has 0 bridgehead atoms. The number of halogens is 1. The Morgan fingerprint density at radius 1 is 1.07 bits per heavy atom. The summed E-state index contributed by atoms with van der Waals surface area (Å²) in [5, 5.41) is 21.4. The van der Waals surface area contributed by atoms with Gasteiger partial charge in [-0.25, -0.2) is 19.1 Å². The minimum Gasteiger partial charge on any atom is -0.507 e. The molecule has 1 saturated heterocycles. The number of nitrogens with zero attached hydrogens (tertiary/aromatic N) is 6. The van der Waals surface area contributed by atoms with E-state index in [0.717, 1.165) is 11.3 Å². The Bertz CT molecular complexity index is 1740. The van der Waals surface area contributed by atoms with Crippen molar-refractivity contribution >= 4 is 34.5 Å². The number of carbonyl (C=O) groups is 1. The van der Waals surface area contributed by atoms with Gasteiger partial charge in [-0.05, 0) is 62.9 Å².